The quantitative estimate of drug-likeness (QED) is 0.170. The van der Waals surface area contributed by atoms with Gasteiger partial charge in [0.1, 0.15) is 5.75 Å². The van der Waals surface area contributed by atoms with Crippen LogP contribution in [-0.2, 0) is 0 Å². The van der Waals surface area contributed by atoms with E-state index in [1.54, 1.807) is 7.11 Å². The van der Waals surface area contributed by atoms with Gasteiger partial charge in [0.15, 0.2) is 0 Å². The van der Waals surface area contributed by atoms with Crippen LogP contribution in [-0.4, -0.2) is 32.2 Å². The van der Waals surface area contributed by atoms with Crippen LogP contribution in [0.5, 0.6) is 5.75 Å². The van der Waals surface area contributed by atoms with Gasteiger partial charge in [0.25, 0.3) is 0 Å². The Labute approximate surface area is 241 Å². The lowest BCUT2D eigenvalue weighted by Gasteiger charge is -2.05. The second kappa shape index (κ2) is 10.3. The lowest BCUT2D eigenvalue weighted by atomic mass is 10.0. The largest absolute Gasteiger partial charge is 0.497 e. The molecule has 0 unspecified atom stereocenters. The molecular weight excluding hydrogens is 526 g/mol. The Hall–Kier alpha value is -5.36. The highest BCUT2D eigenvalue weighted by molar-refractivity contribution is 7.78. The van der Waals surface area contributed by atoms with Crippen molar-refractivity contribution < 1.29 is 4.74 Å². The molecule has 2 aliphatic rings. The third-order valence-electron chi connectivity index (χ3n) is 7.11. The maximum atomic E-state index is 5.39. The van der Waals surface area contributed by atoms with Crippen molar-refractivity contribution in [2.75, 3.05) is 7.11 Å². The fraction of sp³-hybridized carbons (Fsp3) is 0.0294. The van der Waals surface area contributed by atoms with Crippen LogP contribution in [0.25, 0.3) is 68.6 Å². The summed E-state index contributed by atoms with van der Waals surface area (Å²) in [6.45, 7) is 0. The van der Waals surface area contributed by atoms with Crippen molar-refractivity contribution in [2.24, 2.45) is 4.99 Å². The van der Waals surface area contributed by atoms with E-state index in [0.29, 0.717) is 0 Å². The molecule has 0 fully saturated rings. The van der Waals surface area contributed by atoms with Crippen molar-refractivity contribution >= 4 is 69.4 Å². The predicted octanol–water partition coefficient (Wildman–Crippen LogP) is 8.73. The summed E-state index contributed by atoms with van der Waals surface area (Å²) >= 11 is 4.77. The fourth-order valence-electron chi connectivity index (χ4n) is 5.19. The van der Waals surface area contributed by atoms with Gasteiger partial charge in [-0.2, -0.15) is 4.99 Å². The van der Waals surface area contributed by atoms with E-state index in [4.69, 9.17) is 26.9 Å². The van der Waals surface area contributed by atoms with E-state index >= 15 is 0 Å². The van der Waals surface area contributed by atoms with Gasteiger partial charge in [-0.15, -0.1) is 0 Å². The van der Waals surface area contributed by atoms with Gasteiger partial charge in [-0.05, 0) is 108 Å². The van der Waals surface area contributed by atoms with Crippen molar-refractivity contribution in [3.63, 3.8) is 0 Å². The molecule has 0 spiro atoms. The number of thiocarbonyl (C=S) groups is 1. The van der Waals surface area contributed by atoms with E-state index in [-0.39, 0.29) is 0 Å². The Morgan fingerprint density at radius 1 is 0.659 bits per heavy atom. The molecule has 0 radical (unpaired) electrons. The zero-order valence-electron chi connectivity index (χ0n) is 22.1. The Kier molecular flexibility index (Phi) is 6.21. The van der Waals surface area contributed by atoms with Crippen LogP contribution in [0.15, 0.2) is 89.9 Å². The third kappa shape index (κ3) is 4.80. The number of nitrogens with zero attached hydrogens (tertiary/aromatic N) is 3. The Morgan fingerprint density at radius 3 is 1.66 bits per heavy atom. The van der Waals surface area contributed by atoms with E-state index in [0.717, 1.165) is 78.5 Å². The molecule has 7 rings (SSSR count). The summed E-state index contributed by atoms with van der Waals surface area (Å²) in [4.78, 5) is 21.3. The summed E-state index contributed by atoms with van der Waals surface area (Å²) in [7, 11) is 1.67. The molecule has 8 bridgehead atoms. The topological polar surface area (TPSA) is 78.9 Å². The van der Waals surface area contributed by atoms with Crippen LogP contribution in [0.3, 0.4) is 0 Å². The molecule has 5 aromatic rings. The molecule has 7 heteroatoms. The smallest absolute Gasteiger partial charge is 0.118 e. The molecule has 0 amide bonds. The minimum atomic E-state index is 0.758. The summed E-state index contributed by atoms with van der Waals surface area (Å²) in [5.74, 6) is 0.809. The maximum absolute atomic E-state index is 5.39. The first kappa shape index (κ1) is 24.7. The number of isothiocyanates is 1. The average molecular weight is 550 g/mol. The van der Waals surface area contributed by atoms with Gasteiger partial charge in [0.05, 0.1) is 40.7 Å². The standard InChI is InChI=1S/C34H23N5OS/c1-40-28-12-4-22(5-13-28)34-31-16-10-26(38-31)18-24-8-14-29(36-24)33(21-2-6-23(7-3-21)35-20-41)30-15-9-25(37-30)19-27-11-17-32(34)39-27/h2-19,36,39H,1H3. The van der Waals surface area contributed by atoms with Gasteiger partial charge >= 0.3 is 0 Å². The summed E-state index contributed by atoms with van der Waals surface area (Å²) in [5, 5.41) is 2.43. The zero-order valence-corrected chi connectivity index (χ0v) is 22.9. The summed E-state index contributed by atoms with van der Waals surface area (Å²) in [6.07, 6.45) is 8.19. The second-order valence-electron chi connectivity index (χ2n) is 9.68. The van der Waals surface area contributed by atoms with Crippen LogP contribution >= 0.6 is 12.2 Å². The lowest BCUT2D eigenvalue weighted by molar-refractivity contribution is 0.415. The van der Waals surface area contributed by atoms with Gasteiger partial charge in [0, 0.05) is 33.2 Å². The molecule has 2 aliphatic heterocycles. The van der Waals surface area contributed by atoms with Gasteiger partial charge < -0.3 is 14.7 Å². The van der Waals surface area contributed by atoms with Crippen molar-refractivity contribution in [1.29, 1.82) is 0 Å². The molecule has 2 aromatic carbocycles. The Balaban J connectivity index is 1.51. The monoisotopic (exact) mass is 549 g/mol. The fourth-order valence-corrected chi connectivity index (χ4v) is 5.30. The van der Waals surface area contributed by atoms with E-state index in [1.165, 1.54) is 0 Å². The second-order valence-corrected chi connectivity index (χ2v) is 9.86. The third-order valence-corrected chi connectivity index (χ3v) is 7.20. The number of hydrogen-bond donors (Lipinski definition) is 2. The van der Waals surface area contributed by atoms with Gasteiger partial charge in [-0.1, -0.05) is 24.3 Å². The van der Waals surface area contributed by atoms with Crippen LogP contribution < -0.4 is 4.74 Å². The van der Waals surface area contributed by atoms with Crippen molar-refractivity contribution in [3.05, 3.63) is 108 Å². The minimum Gasteiger partial charge on any atom is -0.497 e. The molecule has 0 saturated carbocycles. The minimum absolute atomic E-state index is 0.758. The van der Waals surface area contributed by atoms with E-state index in [1.807, 2.05) is 48.6 Å². The molecule has 0 saturated heterocycles. The number of aliphatic imine (C=N–C) groups is 1. The number of ether oxygens (including phenoxy) is 1. The van der Waals surface area contributed by atoms with Crippen molar-refractivity contribution in [1.82, 2.24) is 19.9 Å². The molecule has 6 nitrogen and oxygen atoms in total. The van der Waals surface area contributed by atoms with Crippen LogP contribution in [0.4, 0.5) is 5.69 Å². The predicted molar refractivity (Wildman–Crippen MR) is 171 cm³/mol. The normalized spacial score (nSPS) is 11.8. The van der Waals surface area contributed by atoms with E-state index in [9.17, 15) is 0 Å². The molecule has 5 heterocycles. The highest BCUT2D eigenvalue weighted by Gasteiger charge is 2.13. The highest BCUT2D eigenvalue weighted by atomic mass is 32.1. The first-order valence-electron chi connectivity index (χ1n) is 13.1. The number of rotatable bonds is 4. The first-order chi connectivity index (χ1) is 20.2. The molecule has 3 aromatic heterocycles. The maximum Gasteiger partial charge on any atom is 0.118 e. The lowest BCUT2D eigenvalue weighted by Crippen LogP contribution is -1.87. The summed E-state index contributed by atoms with van der Waals surface area (Å²) in [6, 6.07) is 28.4. The van der Waals surface area contributed by atoms with Crippen molar-refractivity contribution in [3.8, 4) is 28.0 Å². The number of benzene rings is 2. The zero-order chi connectivity index (χ0) is 27.8. The number of nitrogens with one attached hydrogen (secondary N) is 2. The number of aromatic nitrogens is 4. The first-order valence-corrected chi connectivity index (χ1v) is 13.5. The van der Waals surface area contributed by atoms with Crippen molar-refractivity contribution in [2.45, 2.75) is 0 Å². The van der Waals surface area contributed by atoms with E-state index in [2.05, 4.69) is 80.8 Å². The molecule has 0 aliphatic carbocycles. The van der Waals surface area contributed by atoms with Gasteiger partial charge in [-0.3, -0.25) is 0 Å². The SMILES string of the molecule is COc1ccc(-c2c3nc(cc4ccc([nH]4)c(-c4ccc(N=C=S)cc4)c4nc(cc5ccc2[nH]5)C=C4)C=C3)cc1. The molecule has 2 N–H and O–H groups in total. The number of H-pyrrole nitrogens is 2. The van der Waals surface area contributed by atoms with Crippen LogP contribution in [0, 0.1) is 0 Å². The molecular formula is C34H23N5OS. The van der Waals surface area contributed by atoms with Gasteiger partial charge in [-0.25, -0.2) is 9.97 Å². The summed E-state index contributed by atoms with van der Waals surface area (Å²) in [5.41, 5.74) is 12.1. The van der Waals surface area contributed by atoms with Crippen LogP contribution in [0.1, 0.15) is 22.8 Å². The number of aromatic amines is 2. The average Bonchev–Trinajstić information content (AvgIpc) is 3.81. The molecule has 0 atom stereocenters. The summed E-state index contributed by atoms with van der Waals surface area (Å²) < 4.78 is 5.39. The molecule has 41 heavy (non-hydrogen) atoms. The highest BCUT2D eigenvalue weighted by Crippen LogP contribution is 2.33. The number of methoxy groups -OCH3 is 1. The number of hydrogen-bond acceptors (Lipinski definition) is 5. The van der Waals surface area contributed by atoms with Crippen LogP contribution in [0.2, 0.25) is 0 Å². The Morgan fingerprint density at radius 2 is 1.17 bits per heavy atom. The van der Waals surface area contributed by atoms with Gasteiger partial charge in [0.2, 0.25) is 0 Å². The molecule has 196 valence electrons. The Bertz CT molecular complexity index is 2080. The van der Waals surface area contributed by atoms with E-state index < -0.39 is 0 Å². The number of fused-ring (bicyclic) bond motifs is 8.